The Balaban J connectivity index is 0.787. The van der Waals surface area contributed by atoms with Gasteiger partial charge in [0, 0.05) is 83.5 Å². The molecular weight excluding hydrogens is 771 g/mol. The Morgan fingerprint density at radius 3 is 2.47 bits per heavy atom. The van der Waals surface area contributed by atoms with Crippen molar-refractivity contribution in [2.45, 2.75) is 82.5 Å². The molecule has 2 fully saturated rings. The number of nitrogens with two attached hydrogens (primary N) is 2. The van der Waals surface area contributed by atoms with Crippen LogP contribution in [-0.2, 0) is 32.1 Å². The highest BCUT2D eigenvalue weighted by molar-refractivity contribution is 6.25. The molecule has 4 aliphatic rings. The lowest BCUT2D eigenvalue weighted by atomic mass is 10.00. The number of nitrogens with zero attached hydrogens (tertiary/aromatic N) is 4. The molecule has 0 bridgehead atoms. The van der Waals surface area contributed by atoms with E-state index < -0.39 is 41.7 Å². The largest absolute Gasteiger partial charge is 0.390 e. The van der Waals surface area contributed by atoms with E-state index in [1.54, 1.807) is 18.2 Å². The van der Waals surface area contributed by atoms with Gasteiger partial charge in [0.05, 0.1) is 23.3 Å². The van der Waals surface area contributed by atoms with Crippen molar-refractivity contribution in [3.05, 3.63) is 76.5 Å². The van der Waals surface area contributed by atoms with Crippen LogP contribution in [0.5, 0.6) is 0 Å². The van der Waals surface area contributed by atoms with Crippen LogP contribution >= 0.6 is 0 Å². The normalized spacial score (nSPS) is 19.3. The first-order valence-electron chi connectivity index (χ1n) is 20.8. The van der Waals surface area contributed by atoms with E-state index in [0.717, 1.165) is 56.5 Å². The summed E-state index contributed by atoms with van der Waals surface area (Å²) in [6.07, 6.45) is 6.57. The number of carbonyl (C=O) groups excluding carboxylic acids is 6. The van der Waals surface area contributed by atoms with E-state index >= 15 is 0 Å². The number of piperidine rings is 1. The van der Waals surface area contributed by atoms with Crippen LogP contribution in [0.3, 0.4) is 0 Å². The number of benzene rings is 2. The molecule has 0 saturated carbocycles. The first-order chi connectivity index (χ1) is 29.0. The number of fused-ring (bicyclic) bond motifs is 2. The van der Waals surface area contributed by atoms with Gasteiger partial charge in [-0.1, -0.05) is 49.6 Å². The highest BCUT2D eigenvalue weighted by atomic mass is 16.3. The number of unbranched alkanes of at least 4 members (excludes halogenated alkanes) is 4. The van der Waals surface area contributed by atoms with Gasteiger partial charge in [-0.25, -0.2) is 0 Å². The molecule has 0 radical (unpaired) electrons. The van der Waals surface area contributed by atoms with E-state index in [1.165, 1.54) is 17.2 Å². The molecule has 322 valence electrons. The second-order valence-corrected chi connectivity index (χ2v) is 15.8. The number of imide groups is 2. The van der Waals surface area contributed by atoms with Crippen molar-refractivity contribution in [1.82, 2.24) is 36.1 Å². The molecule has 2 aromatic rings. The summed E-state index contributed by atoms with van der Waals surface area (Å²) in [6.45, 7) is 5.25. The van der Waals surface area contributed by atoms with Crippen LogP contribution in [0.25, 0.3) is 0 Å². The fourth-order valence-corrected chi connectivity index (χ4v) is 8.02. The summed E-state index contributed by atoms with van der Waals surface area (Å²) in [5.41, 5.74) is 12.1. The fourth-order valence-electron chi connectivity index (χ4n) is 8.02. The lowest BCUT2D eigenvalue weighted by Gasteiger charge is -2.36. The third kappa shape index (κ3) is 11.5. The molecule has 0 aromatic heterocycles. The fraction of sp³-hybridized carbons (Fsp3) is 0.500. The number of aliphatic hydroxyl groups excluding tert-OH is 1. The monoisotopic (exact) mass is 827 g/mol. The van der Waals surface area contributed by atoms with Crippen molar-refractivity contribution in [2.75, 3.05) is 57.7 Å². The van der Waals surface area contributed by atoms with Crippen molar-refractivity contribution in [3.63, 3.8) is 0 Å². The average Bonchev–Trinajstić information content (AvgIpc) is 3.47. The second-order valence-electron chi connectivity index (χ2n) is 15.8. The number of hydrogen-bond acceptors (Lipinski definition) is 13. The minimum atomic E-state index is -1.00. The molecule has 18 nitrogen and oxygen atoms in total. The van der Waals surface area contributed by atoms with Crippen molar-refractivity contribution in [2.24, 2.45) is 16.6 Å². The maximum absolute atomic E-state index is 13.3. The summed E-state index contributed by atoms with van der Waals surface area (Å²) in [5, 5.41) is 21.7. The molecule has 18 heteroatoms. The van der Waals surface area contributed by atoms with E-state index in [9.17, 15) is 33.9 Å². The number of carbonyl (C=O) groups is 6. The Kier molecular flexibility index (Phi) is 15.4. The molecule has 4 heterocycles. The molecule has 0 spiro atoms. The zero-order chi connectivity index (χ0) is 42.6. The predicted octanol–water partition coefficient (Wildman–Crippen LogP) is -0.119. The number of hydrogen-bond donors (Lipinski definition) is 8. The summed E-state index contributed by atoms with van der Waals surface area (Å²) in [6, 6.07) is 12.3. The first kappa shape index (κ1) is 43.9. The van der Waals surface area contributed by atoms with Gasteiger partial charge in [0.2, 0.25) is 17.7 Å². The number of aliphatic imine (C=N–C) groups is 1. The third-order valence-corrected chi connectivity index (χ3v) is 11.3. The topological polar surface area (TPSA) is 257 Å². The molecule has 2 saturated heterocycles. The van der Waals surface area contributed by atoms with Crippen LogP contribution in [0, 0.1) is 0 Å². The lowest BCUT2D eigenvalue weighted by Crippen LogP contribution is -2.54. The number of nitrogens with one attached hydrogen (secondary N) is 5. The number of amidine groups is 1. The van der Waals surface area contributed by atoms with Crippen LogP contribution in [-0.4, -0.2) is 132 Å². The van der Waals surface area contributed by atoms with Crippen molar-refractivity contribution >= 4 is 47.0 Å². The van der Waals surface area contributed by atoms with Crippen LogP contribution in [0.1, 0.15) is 83.2 Å². The number of amides is 6. The van der Waals surface area contributed by atoms with Crippen LogP contribution in [0.2, 0.25) is 0 Å². The van der Waals surface area contributed by atoms with E-state index in [4.69, 9.17) is 11.6 Å². The molecule has 4 aliphatic heterocycles. The quantitative estimate of drug-likeness (QED) is 0.0156. The van der Waals surface area contributed by atoms with E-state index in [-0.39, 0.29) is 54.0 Å². The summed E-state index contributed by atoms with van der Waals surface area (Å²) in [7, 11) is 0. The third-order valence-electron chi connectivity index (χ3n) is 11.3. The van der Waals surface area contributed by atoms with Gasteiger partial charge in [0.1, 0.15) is 17.6 Å². The van der Waals surface area contributed by atoms with Crippen molar-refractivity contribution < 1.29 is 33.9 Å². The second kappa shape index (κ2) is 21.0. The number of hydrazine groups is 1. The number of β-amino-alcohol motifs (C(OH)–C–C–N with tert-alkyl or cyclic N) is 1. The number of rotatable bonds is 21. The van der Waals surface area contributed by atoms with E-state index in [2.05, 4.69) is 53.6 Å². The zero-order valence-corrected chi connectivity index (χ0v) is 33.9. The van der Waals surface area contributed by atoms with Crippen molar-refractivity contribution in [3.8, 4) is 0 Å². The summed E-state index contributed by atoms with van der Waals surface area (Å²) < 4.78 is 0. The molecule has 0 aliphatic carbocycles. The average molecular weight is 828 g/mol. The van der Waals surface area contributed by atoms with Gasteiger partial charge in [-0.3, -0.25) is 59.6 Å². The molecule has 6 rings (SSSR count). The standard InChI is InChI=1S/C42H57N11O7/c43-35(21-33(50-44)39(57)47-22-30(54)26-51-19-16-27-9-5-6-10-28(27)23-51)48-29-24-52(25-29)20-18-46-36(55)13-4-2-1-3-7-17-45-32-12-8-11-31-38(32)42(60)53(41(31)59)34-14-15-37(56)49-40(34)58/h5-6,8-12,21,29-30,34,45,50,54H,1-4,7,13-20,22-26,44H2,(H2,43,48)(H,46,55)(H,47,57)(H,49,56,58)/b33-21-/t30-,34?/m0/s1. The van der Waals surface area contributed by atoms with Crippen LogP contribution < -0.4 is 38.3 Å². The van der Waals surface area contributed by atoms with Gasteiger partial charge in [0.25, 0.3) is 17.7 Å². The molecule has 1 unspecified atom stereocenters. The number of aliphatic hydroxyl groups is 1. The highest BCUT2D eigenvalue weighted by Gasteiger charge is 2.45. The number of likely N-dealkylation sites (tertiary alicyclic amines) is 1. The predicted molar refractivity (Wildman–Crippen MR) is 224 cm³/mol. The highest BCUT2D eigenvalue weighted by Crippen LogP contribution is 2.32. The Hall–Kier alpha value is -5.69. The Labute approximate surface area is 349 Å². The van der Waals surface area contributed by atoms with Gasteiger partial charge in [0.15, 0.2) is 0 Å². The summed E-state index contributed by atoms with van der Waals surface area (Å²) >= 11 is 0. The molecule has 10 N–H and O–H groups in total. The Morgan fingerprint density at radius 1 is 0.917 bits per heavy atom. The smallest absolute Gasteiger partial charge is 0.268 e. The maximum atomic E-state index is 13.3. The first-order valence-corrected chi connectivity index (χ1v) is 20.8. The lowest BCUT2D eigenvalue weighted by molar-refractivity contribution is -0.136. The maximum Gasteiger partial charge on any atom is 0.268 e. The summed E-state index contributed by atoms with van der Waals surface area (Å²) in [4.78, 5) is 85.1. The van der Waals surface area contributed by atoms with Gasteiger partial charge >= 0.3 is 0 Å². The van der Waals surface area contributed by atoms with Crippen molar-refractivity contribution in [1.29, 1.82) is 0 Å². The van der Waals surface area contributed by atoms with E-state index in [0.29, 0.717) is 51.4 Å². The SMILES string of the molecule is NN/C(=C\C(N)=NC1CN(CCNC(=O)CCCCCCCNc2cccc3c2C(=O)N(C2CCC(=O)NC2=O)C3=O)C1)C(=O)NC[C@H](O)CN1CCc2ccccc2C1. The molecule has 60 heavy (non-hydrogen) atoms. The van der Waals surface area contributed by atoms with Crippen LogP contribution in [0.15, 0.2) is 59.2 Å². The minimum absolute atomic E-state index is 0.00882. The van der Waals surface area contributed by atoms with Gasteiger partial charge in [-0.2, -0.15) is 0 Å². The van der Waals surface area contributed by atoms with Crippen LogP contribution in [0.4, 0.5) is 5.69 Å². The van der Waals surface area contributed by atoms with Gasteiger partial charge in [-0.15, -0.1) is 0 Å². The Bertz CT molecular complexity index is 1980. The molecule has 2 aromatic carbocycles. The number of anilines is 1. The molecule has 2 atom stereocenters. The molecule has 6 amide bonds. The Morgan fingerprint density at radius 2 is 1.68 bits per heavy atom. The summed E-state index contributed by atoms with van der Waals surface area (Å²) in [5.74, 6) is 3.15. The van der Waals surface area contributed by atoms with Gasteiger partial charge in [-0.05, 0) is 48.9 Å². The van der Waals surface area contributed by atoms with Gasteiger partial charge < -0.3 is 32.2 Å². The molecular formula is C42H57N11O7. The van der Waals surface area contributed by atoms with E-state index in [1.807, 2.05) is 12.1 Å². The zero-order valence-electron chi connectivity index (χ0n) is 33.9. The minimum Gasteiger partial charge on any atom is -0.390 e.